The first-order chi connectivity index (χ1) is 11.7. The lowest BCUT2D eigenvalue weighted by molar-refractivity contribution is 0.0599. The molecule has 0 spiro atoms. The molecule has 0 atom stereocenters. The van der Waals surface area contributed by atoms with E-state index in [1.54, 1.807) is 28.4 Å². The van der Waals surface area contributed by atoms with Crippen LogP contribution in [-0.4, -0.2) is 69.6 Å². The van der Waals surface area contributed by atoms with Crippen molar-refractivity contribution in [1.29, 1.82) is 0 Å². The van der Waals surface area contributed by atoms with E-state index in [1.807, 2.05) is 0 Å². The number of hydrogen-bond donors (Lipinski definition) is 0. The second kappa shape index (κ2) is 5.77. The summed E-state index contributed by atoms with van der Waals surface area (Å²) >= 11 is 0. The van der Waals surface area contributed by atoms with Gasteiger partial charge in [0.1, 0.15) is 5.52 Å². The molecular formula is C16H19N5O3. The molecule has 2 aromatic heterocycles. The van der Waals surface area contributed by atoms with E-state index in [0.717, 1.165) is 24.0 Å². The maximum Gasteiger partial charge on any atom is 0.409 e. The highest BCUT2D eigenvalue weighted by atomic mass is 16.5. The van der Waals surface area contributed by atoms with Gasteiger partial charge < -0.3 is 19.1 Å². The third kappa shape index (κ3) is 2.57. The number of rotatable bonds is 2. The van der Waals surface area contributed by atoms with Crippen LogP contribution in [-0.2, 0) is 4.74 Å². The molecule has 0 bridgehead atoms. The zero-order valence-electron chi connectivity index (χ0n) is 13.5. The Bertz CT molecular complexity index is 790. The smallest absolute Gasteiger partial charge is 0.409 e. The van der Waals surface area contributed by atoms with E-state index in [1.165, 1.54) is 7.11 Å². The van der Waals surface area contributed by atoms with Gasteiger partial charge in [-0.2, -0.15) is 0 Å². The number of piperazine rings is 1. The summed E-state index contributed by atoms with van der Waals surface area (Å²) < 4.78 is 6.79. The third-order valence-electron chi connectivity index (χ3n) is 4.60. The van der Waals surface area contributed by atoms with Gasteiger partial charge in [0.05, 0.1) is 19.0 Å². The SMILES string of the molecule is COC(=O)N1CCN(C(=O)c2cnc3c(c2)ncn3C2CC2)CC1. The molecule has 0 unspecified atom stereocenters. The van der Waals surface area contributed by atoms with Crippen molar-refractivity contribution in [2.24, 2.45) is 0 Å². The topological polar surface area (TPSA) is 80.6 Å². The minimum atomic E-state index is -0.351. The Labute approximate surface area is 139 Å². The number of carbonyl (C=O) groups is 2. The van der Waals surface area contributed by atoms with Crippen molar-refractivity contribution in [3.63, 3.8) is 0 Å². The van der Waals surface area contributed by atoms with Gasteiger partial charge in [-0.15, -0.1) is 0 Å². The number of aromatic nitrogens is 3. The number of methoxy groups -OCH3 is 1. The van der Waals surface area contributed by atoms with Crippen LogP contribution in [0.25, 0.3) is 11.2 Å². The van der Waals surface area contributed by atoms with Crippen LogP contribution in [0.3, 0.4) is 0 Å². The Hall–Kier alpha value is -2.64. The molecule has 2 fully saturated rings. The minimum absolute atomic E-state index is 0.0742. The summed E-state index contributed by atoms with van der Waals surface area (Å²) in [4.78, 5) is 36.3. The molecule has 0 radical (unpaired) electrons. The van der Waals surface area contributed by atoms with Crippen LogP contribution in [0.1, 0.15) is 29.2 Å². The van der Waals surface area contributed by atoms with Gasteiger partial charge in [0.25, 0.3) is 5.91 Å². The molecule has 0 N–H and O–H groups in total. The van der Waals surface area contributed by atoms with Gasteiger partial charge >= 0.3 is 6.09 Å². The van der Waals surface area contributed by atoms with Gasteiger partial charge in [-0.3, -0.25) is 4.79 Å². The second-order valence-electron chi connectivity index (χ2n) is 6.20. The number of imidazole rings is 1. The van der Waals surface area contributed by atoms with E-state index in [-0.39, 0.29) is 12.0 Å². The Kier molecular flexibility index (Phi) is 3.59. The summed E-state index contributed by atoms with van der Waals surface area (Å²) in [5, 5.41) is 0. The van der Waals surface area contributed by atoms with Gasteiger partial charge in [-0.05, 0) is 18.9 Å². The van der Waals surface area contributed by atoms with E-state index in [2.05, 4.69) is 14.5 Å². The summed E-state index contributed by atoms with van der Waals surface area (Å²) in [6, 6.07) is 2.31. The molecule has 1 saturated carbocycles. The van der Waals surface area contributed by atoms with Gasteiger partial charge in [0, 0.05) is 38.4 Å². The Morgan fingerprint density at radius 1 is 1.12 bits per heavy atom. The average Bonchev–Trinajstić information content (AvgIpc) is 3.39. The van der Waals surface area contributed by atoms with E-state index in [9.17, 15) is 9.59 Å². The van der Waals surface area contributed by atoms with E-state index in [4.69, 9.17) is 4.74 Å². The average molecular weight is 329 g/mol. The van der Waals surface area contributed by atoms with Gasteiger partial charge in [0.2, 0.25) is 0 Å². The Morgan fingerprint density at radius 3 is 2.50 bits per heavy atom. The summed E-state index contributed by atoms with van der Waals surface area (Å²) in [5.74, 6) is -0.0742. The number of nitrogens with zero attached hydrogens (tertiary/aromatic N) is 5. The number of hydrogen-bond acceptors (Lipinski definition) is 5. The molecule has 2 aromatic rings. The van der Waals surface area contributed by atoms with Gasteiger partial charge in [-0.1, -0.05) is 0 Å². The fourth-order valence-corrected chi connectivity index (χ4v) is 3.06. The zero-order valence-corrected chi connectivity index (χ0v) is 13.5. The van der Waals surface area contributed by atoms with Crippen molar-refractivity contribution in [3.8, 4) is 0 Å². The van der Waals surface area contributed by atoms with Crippen molar-refractivity contribution in [1.82, 2.24) is 24.3 Å². The van der Waals surface area contributed by atoms with Crippen LogP contribution < -0.4 is 0 Å². The molecule has 24 heavy (non-hydrogen) atoms. The summed E-state index contributed by atoms with van der Waals surface area (Å²) in [6.07, 6.45) is 5.41. The molecule has 2 amide bonds. The molecule has 1 aliphatic carbocycles. The first-order valence-corrected chi connectivity index (χ1v) is 8.12. The number of amides is 2. The van der Waals surface area contributed by atoms with Gasteiger partial charge in [0.15, 0.2) is 5.65 Å². The van der Waals surface area contributed by atoms with Crippen LogP contribution in [0.5, 0.6) is 0 Å². The molecule has 3 heterocycles. The number of pyridine rings is 1. The van der Waals surface area contributed by atoms with E-state index >= 15 is 0 Å². The van der Waals surface area contributed by atoms with Crippen molar-refractivity contribution >= 4 is 23.2 Å². The van der Waals surface area contributed by atoms with Crippen molar-refractivity contribution in [2.75, 3.05) is 33.3 Å². The molecule has 126 valence electrons. The number of fused-ring (bicyclic) bond motifs is 1. The third-order valence-corrected chi connectivity index (χ3v) is 4.60. The van der Waals surface area contributed by atoms with E-state index < -0.39 is 0 Å². The molecule has 1 aliphatic heterocycles. The highest BCUT2D eigenvalue weighted by Crippen LogP contribution is 2.36. The first-order valence-electron chi connectivity index (χ1n) is 8.12. The van der Waals surface area contributed by atoms with Crippen molar-refractivity contribution in [2.45, 2.75) is 18.9 Å². The predicted octanol–water partition coefficient (Wildman–Crippen LogP) is 1.29. The lowest BCUT2D eigenvalue weighted by Gasteiger charge is -2.33. The van der Waals surface area contributed by atoms with Gasteiger partial charge in [-0.25, -0.2) is 14.8 Å². The summed E-state index contributed by atoms with van der Waals surface area (Å²) in [6.45, 7) is 1.93. The maximum absolute atomic E-state index is 12.7. The Balaban J connectivity index is 1.48. The quantitative estimate of drug-likeness (QED) is 0.829. The molecular weight excluding hydrogens is 310 g/mol. The fourth-order valence-electron chi connectivity index (χ4n) is 3.06. The Morgan fingerprint density at radius 2 is 1.83 bits per heavy atom. The lowest BCUT2D eigenvalue weighted by atomic mass is 10.2. The molecule has 4 rings (SSSR count). The molecule has 0 aromatic carbocycles. The van der Waals surface area contributed by atoms with Crippen LogP contribution >= 0.6 is 0 Å². The van der Waals surface area contributed by atoms with Crippen molar-refractivity contribution in [3.05, 3.63) is 24.2 Å². The number of ether oxygens (including phenoxy) is 1. The highest BCUT2D eigenvalue weighted by Gasteiger charge is 2.27. The monoisotopic (exact) mass is 329 g/mol. The standard InChI is InChI=1S/C16H19N5O3/c1-24-16(23)20-6-4-19(5-7-20)15(22)11-8-13-14(17-9-11)21(10-18-13)12-2-3-12/h8-10,12H,2-7H2,1H3. The maximum atomic E-state index is 12.7. The molecule has 2 aliphatic rings. The van der Waals surface area contributed by atoms with Crippen LogP contribution in [0.15, 0.2) is 18.6 Å². The predicted molar refractivity (Wildman–Crippen MR) is 85.7 cm³/mol. The second-order valence-corrected chi connectivity index (χ2v) is 6.20. The largest absolute Gasteiger partial charge is 0.453 e. The first kappa shape index (κ1) is 14.9. The van der Waals surface area contributed by atoms with Crippen molar-refractivity contribution < 1.29 is 14.3 Å². The highest BCUT2D eigenvalue weighted by molar-refractivity contribution is 5.96. The van der Waals surface area contributed by atoms with Crippen LogP contribution in [0.4, 0.5) is 4.79 Å². The van der Waals surface area contributed by atoms with Crippen LogP contribution in [0.2, 0.25) is 0 Å². The molecule has 8 heteroatoms. The zero-order chi connectivity index (χ0) is 16.7. The number of carbonyl (C=O) groups excluding carboxylic acids is 2. The van der Waals surface area contributed by atoms with Crippen LogP contribution in [0, 0.1) is 0 Å². The molecule has 8 nitrogen and oxygen atoms in total. The normalized spacial score (nSPS) is 18.0. The summed E-state index contributed by atoms with van der Waals surface area (Å²) in [5.41, 5.74) is 2.13. The molecule has 1 saturated heterocycles. The summed E-state index contributed by atoms with van der Waals surface area (Å²) in [7, 11) is 1.36. The minimum Gasteiger partial charge on any atom is -0.453 e. The fraction of sp³-hybridized carbons (Fsp3) is 0.500. The lowest BCUT2D eigenvalue weighted by Crippen LogP contribution is -2.50. The van der Waals surface area contributed by atoms with E-state index in [0.29, 0.717) is 37.8 Å².